The minimum absolute atomic E-state index is 0.279. The van der Waals surface area contributed by atoms with Gasteiger partial charge in [0, 0.05) is 6.42 Å². The first-order valence-electron chi connectivity index (χ1n) is 16.7. The Morgan fingerprint density at radius 2 is 1.15 bits per heavy atom. The minimum Gasteiger partial charge on any atom is -0.387 e. The summed E-state index contributed by atoms with van der Waals surface area (Å²) < 4.78 is 32.2. The molecule has 6 nitrogen and oxygen atoms in total. The van der Waals surface area contributed by atoms with Crippen molar-refractivity contribution in [1.82, 2.24) is 5.32 Å². The van der Waals surface area contributed by atoms with Gasteiger partial charge in [-0.2, -0.15) is 8.42 Å². The molecule has 0 aromatic carbocycles. The van der Waals surface area contributed by atoms with Crippen LogP contribution in [0.15, 0.2) is 36.5 Å². The van der Waals surface area contributed by atoms with Gasteiger partial charge < -0.3 is 10.4 Å². The summed E-state index contributed by atoms with van der Waals surface area (Å²) in [5.74, 6) is -1.000. The van der Waals surface area contributed by atoms with Crippen molar-refractivity contribution in [1.29, 1.82) is 0 Å². The van der Waals surface area contributed by atoms with Crippen LogP contribution in [0.3, 0.4) is 0 Å². The molecule has 7 heteroatoms. The number of hydrogen-bond acceptors (Lipinski definition) is 4. The monoisotopic (exact) mass is 597 g/mol. The van der Waals surface area contributed by atoms with Gasteiger partial charge in [-0.3, -0.25) is 9.35 Å². The Kier molecular flexibility index (Phi) is 27.7. The highest BCUT2D eigenvalue weighted by molar-refractivity contribution is 7.85. The van der Waals surface area contributed by atoms with Gasteiger partial charge in [0.25, 0.3) is 10.1 Å². The van der Waals surface area contributed by atoms with Crippen molar-refractivity contribution >= 4 is 16.0 Å². The van der Waals surface area contributed by atoms with Crippen molar-refractivity contribution in [2.75, 3.05) is 5.75 Å². The van der Waals surface area contributed by atoms with E-state index in [2.05, 4.69) is 43.5 Å². The zero-order chi connectivity index (χ0) is 30.4. The molecule has 0 aromatic rings. The van der Waals surface area contributed by atoms with E-state index in [9.17, 15) is 22.9 Å². The lowest BCUT2D eigenvalue weighted by Crippen LogP contribution is -2.46. The van der Waals surface area contributed by atoms with E-state index in [1.165, 1.54) is 64.2 Å². The van der Waals surface area contributed by atoms with Crippen LogP contribution in [-0.4, -0.2) is 41.9 Å². The number of aliphatic hydroxyl groups excluding tert-OH is 1. The SMILES string of the molecule is CCC/C=C\C/C=C\CCCCCCCC(=O)NC(CS(=O)(=O)O)C(O)/C=C/CCCCCCCCCCCCC. The molecular formula is C34H63NO5S. The van der Waals surface area contributed by atoms with E-state index in [0.29, 0.717) is 6.42 Å². The third-order valence-electron chi connectivity index (χ3n) is 7.29. The molecule has 41 heavy (non-hydrogen) atoms. The summed E-state index contributed by atoms with van der Waals surface area (Å²) in [5, 5.41) is 13.1. The molecule has 0 radical (unpaired) electrons. The Morgan fingerprint density at radius 3 is 1.68 bits per heavy atom. The first-order chi connectivity index (χ1) is 19.8. The molecule has 2 atom stereocenters. The lowest BCUT2D eigenvalue weighted by molar-refractivity contribution is -0.122. The lowest BCUT2D eigenvalue weighted by Gasteiger charge is -2.21. The predicted octanol–water partition coefficient (Wildman–Crippen LogP) is 9.01. The Balaban J connectivity index is 4.08. The number of unbranched alkanes of at least 4 members (excludes halogenated alkanes) is 17. The van der Waals surface area contributed by atoms with Gasteiger partial charge in [0.1, 0.15) is 0 Å². The van der Waals surface area contributed by atoms with E-state index in [1.54, 1.807) is 6.08 Å². The van der Waals surface area contributed by atoms with Crippen LogP contribution in [0.5, 0.6) is 0 Å². The summed E-state index contributed by atoms with van der Waals surface area (Å²) >= 11 is 0. The summed E-state index contributed by atoms with van der Waals surface area (Å²) in [4.78, 5) is 12.4. The van der Waals surface area contributed by atoms with E-state index >= 15 is 0 Å². The maximum Gasteiger partial charge on any atom is 0.267 e. The second-order valence-electron chi connectivity index (χ2n) is 11.4. The van der Waals surface area contributed by atoms with E-state index in [-0.39, 0.29) is 12.3 Å². The van der Waals surface area contributed by atoms with Crippen LogP contribution in [0.4, 0.5) is 0 Å². The van der Waals surface area contributed by atoms with Crippen LogP contribution in [0.2, 0.25) is 0 Å². The van der Waals surface area contributed by atoms with Crippen LogP contribution < -0.4 is 5.32 Å². The fraction of sp³-hybridized carbons (Fsp3) is 0.794. The second-order valence-corrected chi connectivity index (χ2v) is 12.9. The largest absolute Gasteiger partial charge is 0.387 e. The molecule has 0 heterocycles. The van der Waals surface area contributed by atoms with Gasteiger partial charge in [-0.05, 0) is 44.9 Å². The third kappa shape index (κ3) is 29.8. The van der Waals surface area contributed by atoms with Crippen LogP contribution >= 0.6 is 0 Å². The molecule has 0 aliphatic carbocycles. The summed E-state index contributed by atoms with van der Waals surface area (Å²) in [6.45, 7) is 4.42. The Hall–Kier alpha value is -1.44. The van der Waals surface area contributed by atoms with E-state index in [4.69, 9.17) is 0 Å². The molecule has 0 aliphatic heterocycles. The standard InChI is InChI=1S/C34H63NO5S/c1-3-5-7-9-11-13-15-17-19-21-23-25-27-29-33(36)32(31-41(38,39)40)35-34(37)30-28-26-24-22-20-18-16-14-12-10-8-6-4-2/h8,10,14,16,27,29,32-33,36H,3-7,9,11-13,15,17-26,28,30-31H2,1-2H3,(H,35,37)(H,38,39,40)/b10-8-,16-14-,29-27+. The summed E-state index contributed by atoms with van der Waals surface area (Å²) in [6, 6.07) is -1.06. The minimum atomic E-state index is -4.34. The van der Waals surface area contributed by atoms with Crippen LogP contribution in [0, 0.1) is 0 Å². The van der Waals surface area contributed by atoms with Gasteiger partial charge in [0.15, 0.2) is 0 Å². The first kappa shape index (κ1) is 39.6. The van der Waals surface area contributed by atoms with Crippen molar-refractivity contribution in [2.24, 2.45) is 0 Å². The first-order valence-corrected chi connectivity index (χ1v) is 18.3. The van der Waals surface area contributed by atoms with E-state index < -0.39 is 28.0 Å². The van der Waals surface area contributed by atoms with E-state index in [1.807, 2.05) is 6.08 Å². The second kappa shape index (κ2) is 28.7. The van der Waals surface area contributed by atoms with Crippen molar-refractivity contribution in [3.8, 4) is 0 Å². The Bertz CT molecular complexity index is 791. The molecular weight excluding hydrogens is 534 g/mol. The molecule has 0 aromatic heterocycles. The average Bonchev–Trinajstić information content (AvgIpc) is 2.92. The molecule has 3 N–H and O–H groups in total. The number of allylic oxidation sites excluding steroid dienone is 5. The predicted molar refractivity (Wildman–Crippen MR) is 175 cm³/mol. The van der Waals surface area contributed by atoms with Gasteiger partial charge in [0.2, 0.25) is 5.91 Å². The number of amides is 1. The van der Waals surface area contributed by atoms with Gasteiger partial charge in [-0.15, -0.1) is 0 Å². The number of nitrogens with one attached hydrogen (secondary N) is 1. The quantitative estimate of drug-likeness (QED) is 0.0453. The average molecular weight is 598 g/mol. The van der Waals surface area contributed by atoms with Crippen molar-refractivity contribution in [2.45, 2.75) is 167 Å². The zero-order valence-electron chi connectivity index (χ0n) is 26.4. The van der Waals surface area contributed by atoms with Crippen LogP contribution in [0.25, 0.3) is 0 Å². The number of rotatable bonds is 29. The molecule has 240 valence electrons. The van der Waals surface area contributed by atoms with Crippen LogP contribution in [0.1, 0.15) is 155 Å². The van der Waals surface area contributed by atoms with Gasteiger partial charge in [0.05, 0.1) is 17.9 Å². The molecule has 1 amide bonds. The molecule has 0 spiro atoms. The Morgan fingerprint density at radius 1 is 0.659 bits per heavy atom. The molecule has 0 fully saturated rings. The molecule has 0 bridgehead atoms. The van der Waals surface area contributed by atoms with Crippen molar-refractivity contribution in [3.63, 3.8) is 0 Å². The summed E-state index contributed by atoms with van der Waals surface area (Å²) in [6.07, 6.45) is 35.5. The van der Waals surface area contributed by atoms with Gasteiger partial charge >= 0.3 is 0 Å². The highest BCUT2D eigenvalue weighted by Crippen LogP contribution is 2.13. The van der Waals surface area contributed by atoms with Gasteiger partial charge in [-0.25, -0.2) is 0 Å². The molecule has 0 saturated heterocycles. The smallest absolute Gasteiger partial charge is 0.267 e. The molecule has 0 aliphatic rings. The van der Waals surface area contributed by atoms with Crippen molar-refractivity contribution < 1.29 is 22.9 Å². The van der Waals surface area contributed by atoms with Gasteiger partial charge in [-0.1, -0.05) is 140 Å². The number of carbonyl (C=O) groups is 1. The zero-order valence-corrected chi connectivity index (χ0v) is 27.2. The lowest BCUT2D eigenvalue weighted by atomic mass is 10.0. The van der Waals surface area contributed by atoms with E-state index in [0.717, 1.165) is 64.2 Å². The topological polar surface area (TPSA) is 104 Å². The maximum absolute atomic E-state index is 12.4. The van der Waals surface area contributed by atoms with Crippen LogP contribution in [-0.2, 0) is 14.9 Å². The van der Waals surface area contributed by atoms with Crippen molar-refractivity contribution in [3.05, 3.63) is 36.5 Å². The molecule has 2 unspecified atom stereocenters. The maximum atomic E-state index is 12.4. The highest BCUT2D eigenvalue weighted by atomic mass is 32.2. The normalized spacial score (nSPS) is 14.0. The number of carbonyl (C=O) groups excluding carboxylic acids is 1. The fourth-order valence-electron chi connectivity index (χ4n) is 4.78. The summed E-state index contributed by atoms with van der Waals surface area (Å²) in [5.41, 5.74) is 0. The number of hydrogen-bond donors (Lipinski definition) is 3. The molecule has 0 saturated carbocycles. The third-order valence-corrected chi connectivity index (χ3v) is 8.07. The Labute approximate surface area is 253 Å². The number of aliphatic hydroxyl groups is 1. The molecule has 0 rings (SSSR count). The highest BCUT2D eigenvalue weighted by Gasteiger charge is 2.24. The fourth-order valence-corrected chi connectivity index (χ4v) is 5.51. The summed E-state index contributed by atoms with van der Waals surface area (Å²) in [7, 11) is -4.34.